The molecular formula is C39H44N2. The van der Waals surface area contributed by atoms with E-state index in [1.54, 1.807) is 11.1 Å². The van der Waals surface area contributed by atoms with Crippen LogP contribution in [0.25, 0.3) is 17.1 Å². The number of nitrogens with zero attached hydrogens (tertiary/aromatic N) is 2. The van der Waals surface area contributed by atoms with Crippen molar-refractivity contribution in [3.63, 3.8) is 0 Å². The Morgan fingerprint density at radius 2 is 1.54 bits per heavy atom. The van der Waals surface area contributed by atoms with Crippen molar-refractivity contribution in [1.29, 1.82) is 0 Å². The van der Waals surface area contributed by atoms with Gasteiger partial charge in [0.1, 0.15) is 5.82 Å². The summed E-state index contributed by atoms with van der Waals surface area (Å²) in [5.74, 6) is 2.68. The first kappa shape index (κ1) is 27.5. The second-order valence-electron chi connectivity index (χ2n) is 12.6. The Balaban J connectivity index is 1.45. The summed E-state index contributed by atoms with van der Waals surface area (Å²) in [5, 5.41) is 0. The van der Waals surface area contributed by atoms with Gasteiger partial charge < -0.3 is 0 Å². The molecule has 0 bridgehead atoms. The fraction of sp³-hybridized carbons (Fsp3) is 0.359. The Bertz CT molecular complexity index is 1520. The molecule has 0 aliphatic heterocycles. The Labute approximate surface area is 246 Å². The summed E-state index contributed by atoms with van der Waals surface area (Å²) in [6.45, 7) is 9.43. The third-order valence-corrected chi connectivity index (χ3v) is 9.16. The van der Waals surface area contributed by atoms with Crippen molar-refractivity contribution in [2.45, 2.75) is 72.1 Å². The summed E-state index contributed by atoms with van der Waals surface area (Å²) in [4.78, 5) is 4.84. The molecule has 0 fully saturated rings. The minimum absolute atomic E-state index is 0.378. The number of hydrogen-bond donors (Lipinski definition) is 0. The molecule has 2 atom stereocenters. The normalized spacial score (nSPS) is 21.5. The van der Waals surface area contributed by atoms with Gasteiger partial charge in [-0.1, -0.05) is 113 Å². The monoisotopic (exact) mass is 540 g/mol. The molecule has 2 aromatic carbocycles. The average molecular weight is 541 g/mol. The van der Waals surface area contributed by atoms with Gasteiger partial charge in [-0.2, -0.15) is 0 Å². The molecule has 210 valence electrons. The van der Waals surface area contributed by atoms with Crippen molar-refractivity contribution in [1.82, 2.24) is 9.55 Å². The highest BCUT2D eigenvalue weighted by Crippen LogP contribution is 2.46. The lowest BCUT2D eigenvalue weighted by molar-refractivity contribution is 0.613. The quantitative estimate of drug-likeness (QED) is 0.291. The first-order valence-electron chi connectivity index (χ1n) is 15.7. The van der Waals surface area contributed by atoms with E-state index in [1.165, 1.54) is 53.7 Å². The van der Waals surface area contributed by atoms with Crippen molar-refractivity contribution < 1.29 is 0 Å². The van der Waals surface area contributed by atoms with E-state index in [-0.39, 0.29) is 0 Å². The lowest BCUT2D eigenvalue weighted by Crippen LogP contribution is -2.21. The van der Waals surface area contributed by atoms with Gasteiger partial charge in [0, 0.05) is 35.5 Å². The molecular weight excluding hydrogens is 496 g/mol. The van der Waals surface area contributed by atoms with Crippen LogP contribution in [0.3, 0.4) is 0 Å². The van der Waals surface area contributed by atoms with Crippen LogP contribution in [-0.2, 0) is 0 Å². The zero-order chi connectivity index (χ0) is 28.3. The van der Waals surface area contributed by atoms with Gasteiger partial charge >= 0.3 is 0 Å². The molecule has 1 heterocycles. The van der Waals surface area contributed by atoms with Gasteiger partial charge in [-0.15, -0.1) is 0 Å². The molecule has 6 rings (SSSR count). The third kappa shape index (κ3) is 5.75. The molecule has 0 radical (unpaired) electrons. The first-order valence-corrected chi connectivity index (χ1v) is 15.7. The van der Waals surface area contributed by atoms with E-state index < -0.39 is 0 Å². The molecule has 0 saturated heterocycles. The highest BCUT2D eigenvalue weighted by molar-refractivity contribution is 5.75. The molecule has 1 aromatic heterocycles. The van der Waals surface area contributed by atoms with Crippen molar-refractivity contribution >= 4 is 5.70 Å². The van der Waals surface area contributed by atoms with Gasteiger partial charge in [0.2, 0.25) is 0 Å². The predicted octanol–water partition coefficient (Wildman–Crippen LogP) is 10.6. The highest BCUT2D eigenvalue weighted by atomic mass is 15.1. The van der Waals surface area contributed by atoms with Crippen LogP contribution < -0.4 is 0 Å². The molecule has 0 saturated carbocycles. The number of rotatable bonds is 7. The highest BCUT2D eigenvalue weighted by Gasteiger charge is 2.31. The van der Waals surface area contributed by atoms with E-state index in [2.05, 4.69) is 123 Å². The second kappa shape index (κ2) is 12.1. The Hall–Kier alpha value is -3.65. The summed E-state index contributed by atoms with van der Waals surface area (Å²) < 4.78 is 2.36. The second-order valence-corrected chi connectivity index (χ2v) is 12.6. The van der Waals surface area contributed by atoms with Crippen LogP contribution in [0.5, 0.6) is 0 Å². The maximum Gasteiger partial charge on any atom is 0.144 e. The van der Waals surface area contributed by atoms with Gasteiger partial charge in [-0.05, 0) is 83.8 Å². The number of aromatic nitrogens is 2. The molecule has 3 aromatic rings. The number of allylic oxidation sites excluding steroid dienone is 10. The molecule has 41 heavy (non-hydrogen) atoms. The van der Waals surface area contributed by atoms with E-state index in [4.69, 9.17) is 4.98 Å². The molecule has 0 amide bonds. The summed E-state index contributed by atoms with van der Waals surface area (Å²) >= 11 is 0. The maximum atomic E-state index is 4.84. The third-order valence-electron chi connectivity index (χ3n) is 9.16. The SMILES string of the molecule is CC(C)C1=CC(C2=CC(c3ccccc3)CC(C3=CCCCC3)=C2)CC(C(C)C)=C1n1ccnc1-c1ccccc1. The van der Waals surface area contributed by atoms with Gasteiger partial charge in [-0.25, -0.2) is 4.98 Å². The van der Waals surface area contributed by atoms with Crippen LogP contribution in [0.2, 0.25) is 0 Å². The maximum absolute atomic E-state index is 4.84. The predicted molar refractivity (Wildman–Crippen MR) is 173 cm³/mol. The van der Waals surface area contributed by atoms with Gasteiger partial charge in [0.15, 0.2) is 0 Å². The Morgan fingerprint density at radius 3 is 2.22 bits per heavy atom. The molecule has 2 unspecified atom stereocenters. The summed E-state index contributed by atoms with van der Waals surface area (Å²) in [6, 6.07) is 21.8. The van der Waals surface area contributed by atoms with E-state index in [9.17, 15) is 0 Å². The van der Waals surface area contributed by atoms with Crippen LogP contribution in [-0.4, -0.2) is 9.55 Å². The van der Waals surface area contributed by atoms with Crippen LogP contribution in [0, 0.1) is 17.8 Å². The zero-order valence-electron chi connectivity index (χ0n) is 25.2. The fourth-order valence-corrected chi connectivity index (χ4v) is 6.98. The molecule has 0 spiro atoms. The van der Waals surface area contributed by atoms with Crippen molar-refractivity contribution in [3.05, 3.63) is 131 Å². The smallest absolute Gasteiger partial charge is 0.144 e. The van der Waals surface area contributed by atoms with E-state index >= 15 is 0 Å². The fourth-order valence-electron chi connectivity index (χ4n) is 6.98. The van der Waals surface area contributed by atoms with Crippen molar-refractivity contribution in [2.75, 3.05) is 0 Å². The van der Waals surface area contributed by atoms with Crippen LogP contribution in [0.15, 0.2) is 125 Å². The number of benzene rings is 2. The van der Waals surface area contributed by atoms with Crippen LogP contribution >= 0.6 is 0 Å². The molecule has 2 heteroatoms. The molecule has 0 N–H and O–H groups in total. The lowest BCUT2D eigenvalue weighted by Gasteiger charge is -2.34. The standard InChI is InChI=1S/C39H44N2/c1-27(2)36-25-35(26-37(28(3)4)38(36)41-21-20-40-39(41)31-18-12-7-13-19-31)34-23-32(29-14-8-5-9-15-29)22-33(24-34)30-16-10-6-11-17-30/h5,7-9,12-16,18-21,23-25,27-28,32,35H,6,10-11,17,22,26H2,1-4H3. The van der Waals surface area contributed by atoms with Crippen LogP contribution in [0.4, 0.5) is 0 Å². The summed E-state index contributed by atoms with van der Waals surface area (Å²) in [5.41, 5.74) is 11.6. The van der Waals surface area contributed by atoms with Crippen molar-refractivity contribution in [3.8, 4) is 11.4 Å². The minimum atomic E-state index is 0.378. The summed E-state index contributed by atoms with van der Waals surface area (Å²) in [6.07, 6.45) is 21.7. The van der Waals surface area contributed by atoms with Gasteiger partial charge in [-0.3, -0.25) is 4.57 Å². The molecule has 3 aliphatic carbocycles. The average Bonchev–Trinajstić information content (AvgIpc) is 3.51. The van der Waals surface area contributed by atoms with E-state index in [1.807, 2.05) is 6.20 Å². The van der Waals surface area contributed by atoms with Gasteiger partial charge in [0.25, 0.3) is 0 Å². The Morgan fingerprint density at radius 1 is 0.780 bits per heavy atom. The number of hydrogen-bond acceptors (Lipinski definition) is 1. The first-order chi connectivity index (χ1) is 20.0. The van der Waals surface area contributed by atoms with E-state index in [0.717, 1.165) is 24.2 Å². The largest absolute Gasteiger partial charge is 0.300 e. The zero-order valence-corrected chi connectivity index (χ0v) is 25.2. The van der Waals surface area contributed by atoms with Crippen LogP contribution in [0.1, 0.15) is 77.7 Å². The lowest BCUT2D eigenvalue weighted by atomic mass is 9.73. The number of imidazole rings is 1. The Kier molecular flexibility index (Phi) is 8.10. The van der Waals surface area contributed by atoms with E-state index in [0.29, 0.717) is 23.7 Å². The summed E-state index contributed by atoms with van der Waals surface area (Å²) in [7, 11) is 0. The van der Waals surface area contributed by atoms with Crippen molar-refractivity contribution in [2.24, 2.45) is 17.8 Å². The molecule has 2 nitrogen and oxygen atoms in total. The minimum Gasteiger partial charge on any atom is -0.300 e. The van der Waals surface area contributed by atoms with Gasteiger partial charge in [0.05, 0.1) is 0 Å². The molecule has 3 aliphatic rings. The topological polar surface area (TPSA) is 17.8 Å².